The number of likely N-dealkylation sites (N-methyl/N-ethyl adjacent to an activating group) is 1. The van der Waals surface area contributed by atoms with Gasteiger partial charge in [0.1, 0.15) is 0 Å². The fourth-order valence-corrected chi connectivity index (χ4v) is 4.21. The van der Waals surface area contributed by atoms with Gasteiger partial charge in [0.25, 0.3) is 5.91 Å². The Bertz CT molecular complexity index is 986. The number of hydrogen-bond acceptors (Lipinski definition) is 4. The lowest BCUT2D eigenvalue weighted by Crippen LogP contribution is -2.35. The number of aromatic nitrogens is 1. The predicted octanol–water partition coefficient (Wildman–Crippen LogP) is 5.32. The second-order valence-corrected chi connectivity index (χ2v) is 8.59. The van der Waals surface area contributed by atoms with Crippen molar-refractivity contribution in [3.8, 4) is 0 Å². The second-order valence-electron chi connectivity index (χ2n) is 6.26. The third kappa shape index (κ3) is 5.17. The minimum absolute atomic E-state index is 0.116. The normalized spacial score (nSPS) is 11.6. The van der Waals surface area contributed by atoms with Crippen LogP contribution in [0.4, 0.5) is 5.13 Å². The van der Waals surface area contributed by atoms with E-state index in [9.17, 15) is 4.79 Å². The molecule has 0 aliphatic carbocycles. The van der Waals surface area contributed by atoms with E-state index in [1.807, 2.05) is 55.4 Å². The monoisotopic (exact) mass is 463 g/mol. The van der Waals surface area contributed by atoms with E-state index in [1.165, 1.54) is 11.3 Å². The molecule has 0 aliphatic rings. The maximum atomic E-state index is 12.9. The largest absolute Gasteiger partial charge is 0.308 e. The van der Waals surface area contributed by atoms with Gasteiger partial charge in [-0.05, 0) is 50.0 Å². The Labute approximate surface area is 176 Å². The summed E-state index contributed by atoms with van der Waals surface area (Å²) >= 11 is 11.2. The highest BCUT2D eigenvalue weighted by atomic mass is 79.9. The van der Waals surface area contributed by atoms with Crippen molar-refractivity contribution in [1.82, 2.24) is 9.88 Å². The first-order valence-corrected chi connectivity index (χ1v) is 10.4. The van der Waals surface area contributed by atoms with Crippen LogP contribution in [0.3, 0.4) is 0 Å². The summed E-state index contributed by atoms with van der Waals surface area (Å²) in [6.07, 6.45) is 3.30. The highest BCUT2D eigenvalue weighted by Gasteiger charge is 2.18. The maximum Gasteiger partial charge on any atom is 0.252 e. The smallest absolute Gasteiger partial charge is 0.252 e. The molecule has 140 valence electrons. The van der Waals surface area contributed by atoms with Crippen molar-refractivity contribution in [3.63, 3.8) is 0 Å². The Balaban J connectivity index is 1.89. The Morgan fingerprint density at radius 2 is 2.00 bits per heavy atom. The summed E-state index contributed by atoms with van der Waals surface area (Å²) in [7, 11) is 3.97. The van der Waals surface area contributed by atoms with Gasteiger partial charge in [-0.1, -0.05) is 57.1 Å². The van der Waals surface area contributed by atoms with Crippen LogP contribution in [-0.2, 0) is 4.79 Å². The first-order chi connectivity index (χ1) is 12.9. The molecule has 0 aliphatic heterocycles. The standard InChI is InChI=1S/C20H19BrClN3OS/c1-24(2)11-12-25(19(26)10-7-14-5-3-4-6-16(14)22)20-23-17-9-8-15(21)13-18(17)27-20/h3-10,13H,11-12H2,1-2H3. The molecule has 1 amide bonds. The fourth-order valence-electron chi connectivity index (χ4n) is 2.46. The van der Waals surface area contributed by atoms with Crippen molar-refractivity contribution in [1.29, 1.82) is 0 Å². The molecule has 0 bridgehead atoms. The number of amides is 1. The lowest BCUT2D eigenvalue weighted by atomic mass is 10.2. The highest BCUT2D eigenvalue weighted by Crippen LogP contribution is 2.31. The molecule has 0 saturated heterocycles. The van der Waals surface area contributed by atoms with Gasteiger partial charge in [0.05, 0.1) is 10.2 Å². The number of rotatable bonds is 6. The summed E-state index contributed by atoms with van der Waals surface area (Å²) < 4.78 is 2.03. The van der Waals surface area contributed by atoms with Crippen LogP contribution in [0.2, 0.25) is 5.02 Å². The minimum Gasteiger partial charge on any atom is -0.308 e. The molecule has 0 radical (unpaired) electrons. The van der Waals surface area contributed by atoms with Crippen molar-refractivity contribution in [2.75, 3.05) is 32.1 Å². The molecular weight excluding hydrogens is 446 g/mol. The molecule has 0 unspecified atom stereocenters. The molecule has 1 aromatic heterocycles. The van der Waals surface area contributed by atoms with Gasteiger partial charge in [-0.3, -0.25) is 9.69 Å². The van der Waals surface area contributed by atoms with Gasteiger partial charge >= 0.3 is 0 Å². The molecule has 1 heterocycles. The number of benzene rings is 2. The summed E-state index contributed by atoms with van der Waals surface area (Å²) in [5.74, 6) is -0.116. The second kappa shape index (κ2) is 8.97. The van der Waals surface area contributed by atoms with E-state index >= 15 is 0 Å². The lowest BCUT2D eigenvalue weighted by Gasteiger charge is -2.20. The number of thiazole rings is 1. The zero-order valence-electron chi connectivity index (χ0n) is 15.0. The lowest BCUT2D eigenvalue weighted by molar-refractivity contribution is -0.114. The zero-order valence-corrected chi connectivity index (χ0v) is 18.2. The minimum atomic E-state index is -0.116. The number of carbonyl (C=O) groups excluding carboxylic acids is 1. The molecular formula is C20H19BrClN3OS. The van der Waals surface area contributed by atoms with Crippen LogP contribution in [0.1, 0.15) is 5.56 Å². The number of halogens is 2. The number of fused-ring (bicyclic) bond motifs is 1. The van der Waals surface area contributed by atoms with Crippen molar-refractivity contribution < 1.29 is 4.79 Å². The van der Waals surface area contributed by atoms with Gasteiger partial charge in [-0.2, -0.15) is 0 Å². The number of nitrogens with zero attached hydrogens (tertiary/aromatic N) is 3. The van der Waals surface area contributed by atoms with E-state index < -0.39 is 0 Å². The maximum absolute atomic E-state index is 12.9. The summed E-state index contributed by atoms with van der Waals surface area (Å²) in [6, 6.07) is 13.4. The van der Waals surface area contributed by atoms with Crippen molar-refractivity contribution >= 4 is 66.2 Å². The Kier molecular flexibility index (Phi) is 6.65. The first kappa shape index (κ1) is 20.0. The average Bonchev–Trinajstić information content (AvgIpc) is 3.03. The van der Waals surface area contributed by atoms with Gasteiger partial charge in [-0.15, -0.1) is 0 Å². The first-order valence-electron chi connectivity index (χ1n) is 8.39. The van der Waals surface area contributed by atoms with Crippen LogP contribution in [0.15, 0.2) is 53.0 Å². The number of anilines is 1. The molecule has 3 aromatic rings. The molecule has 0 N–H and O–H groups in total. The Morgan fingerprint density at radius 3 is 2.74 bits per heavy atom. The highest BCUT2D eigenvalue weighted by molar-refractivity contribution is 9.10. The van der Waals surface area contributed by atoms with Gasteiger partial charge in [0.15, 0.2) is 5.13 Å². The molecule has 4 nitrogen and oxygen atoms in total. The number of hydrogen-bond donors (Lipinski definition) is 0. The Morgan fingerprint density at radius 1 is 1.22 bits per heavy atom. The van der Waals surface area contributed by atoms with Crippen LogP contribution in [-0.4, -0.2) is 43.0 Å². The van der Waals surface area contributed by atoms with Crippen LogP contribution in [0, 0.1) is 0 Å². The van der Waals surface area contributed by atoms with Crippen molar-refractivity contribution in [2.45, 2.75) is 0 Å². The quantitative estimate of drug-likeness (QED) is 0.463. The molecule has 3 rings (SSSR count). The van der Waals surface area contributed by atoms with Crippen LogP contribution >= 0.6 is 38.9 Å². The van der Waals surface area contributed by atoms with Crippen molar-refractivity contribution in [3.05, 3.63) is 63.6 Å². The Hall–Kier alpha value is -1.73. The van der Waals surface area contributed by atoms with Crippen molar-refractivity contribution in [2.24, 2.45) is 0 Å². The van der Waals surface area contributed by atoms with Gasteiger partial charge in [-0.25, -0.2) is 4.98 Å². The topological polar surface area (TPSA) is 36.4 Å². The molecule has 0 spiro atoms. The van der Waals surface area contributed by atoms with E-state index in [-0.39, 0.29) is 5.91 Å². The van der Waals surface area contributed by atoms with Gasteiger partial charge in [0, 0.05) is 28.7 Å². The van der Waals surface area contributed by atoms with Gasteiger partial charge < -0.3 is 4.90 Å². The SMILES string of the molecule is CN(C)CCN(C(=O)C=Cc1ccccc1Cl)c1nc2ccc(Br)cc2s1. The summed E-state index contributed by atoms with van der Waals surface area (Å²) in [5, 5.41) is 1.31. The third-order valence-corrected chi connectivity index (χ3v) is 5.80. The number of carbonyl (C=O) groups is 1. The predicted molar refractivity (Wildman–Crippen MR) is 119 cm³/mol. The summed E-state index contributed by atoms with van der Waals surface area (Å²) in [4.78, 5) is 21.3. The molecule has 0 saturated carbocycles. The van der Waals surface area contributed by atoms with Crippen LogP contribution < -0.4 is 4.90 Å². The third-order valence-electron chi connectivity index (χ3n) is 3.92. The van der Waals surface area contributed by atoms with E-state index in [1.54, 1.807) is 23.1 Å². The molecule has 2 aromatic carbocycles. The molecule has 0 fully saturated rings. The van der Waals surface area contributed by atoms with Crippen LogP contribution in [0.25, 0.3) is 16.3 Å². The van der Waals surface area contributed by atoms with E-state index in [0.717, 1.165) is 26.8 Å². The summed E-state index contributed by atoms with van der Waals surface area (Å²) in [5.41, 5.74) is 1.70. The van der Waals surface area contributed by atoms with E-state index in [4.69, 9.17) is 11.6 Å². The average molecular weight is 465 g/mol. The van der Waals surface area contributed by atoms with E-state index in [0.29, 0.717) is 16.7 Å². The van der Waals surface area contributed by atoms with E-state index in [2.05, 4.69) is 20.9 Å². The zero-order chi connectivity index (χ0) is 19.4. The summed E-state index contributed by atoms with van der Waals surface area (Å²) in [6.45, 7) is 1.30. The fraction of sp³-hybridized carbons (Fsp3) is 0.200. The molecule has 27 heavy (non-hydrogen) atoms. The molecule has 0 atom stereocenters. The molecule has 7 heteroatoms. The van der Waals surface area contributed by atoms with Crippen LogP contribution in [0.5, 0.6) is 0 Å². The van der Waals surface area contributed by atoms with Gasteiger partial charge in [0.2, 0.25) is 0 Å².